The Kier molecular flexibility index (Phi) is 4.01. The molecule has 2 rings (SSSR count). The van der Waals surface area contributed by atoms with Crippen LogP contribution in [-0.4, -0.2) is 44.7 Å². The highest BCUT2D eigenvalue weighted by Crippen LogP contribution is 2.35. The number of anilines is 2. The molecule has 0 aliphatic carbocycles. The zero-order chi connectivity index (χ0) is 13.9. The van der Waals surface area contributed by atoms with Crippen LogP contribution in [0, 0.1) is 0 Å². The van der Waals surface area contributed by atoms with E-state index in [1.54, 1.807) is 26.4 Å². The number of ether oxygens (including phenoxy) is 3. The molecule has 1 aromatic rings. The Hall–Kier alpha value is -1.66. The maximum Gasteiger partial charge on any atom is 0.162 e. The van der Waals surface area contributed by atoms with Crippen LogP contribution in [0.1, 0.15) is 6.42 Å². The highest BCUT2D eigenvalue weighted by atomic mass is 16.5. The molecular weight excluding hydrogens is 248 g/mol. The van der Waals surface area contributed by atoms with Crippen LogP contribution in [0.5, 0.6) is 11.5 Å². The molecule has 1 aliphatic heterocycles. The summed E-state index contributed by atoms with van der Waals surface area (Å²) < 4.78 is 15.6. The maximum atomic E-state index is 10.2. The van der Waals surface area contributed by atoms with Crippen LogP contribution < -0.4 is 20.5 Å². The summed E-state index contributed by atoms with van der Waals surface area (Å²) in [6.07, 6.45) is 0.618. The minimum absolute atomic E-state index is 0.340. The van der Waals surface area contributed by atoms with Crippen LogP contribution in [0.2, 0.25) is 0 Å². The first-order valence-electron chi connectivity index (χ1n) is 6.13. The topological polar surface area (TPSA) is 86.0 Å². The van der Waals surface area contributed by atoms with Gasteiger partial charge in [0.05, 0.1) is 32.2 Å². The molecule has 6 heteroatoms. The number of aliphatic hydroxyl groups is 1. The van der Waals surface area contributed by atoms with E-state index in [0.717, 1.165) is 0 Å². The lowest BCUT2D eigenvalue weighted by Crippen LogP contribution is -2.37. The third-order valence-electron chi connectivity index (χ3n) is 3.25. The summed E-state index contributed by atoms with van der Waals surface area (Å²) in [6.45, 7) is 1.31. The second-order valence-electron chi connectivity index (χ2n) is 4.67. The van der Waals surface area contributed by atoms with Gasteiger partial charge in [-0.2, -0.15) is 0 Å². The Morgan fingerprint density at radius 2 is 2.05 bits per heavy atom. The van der Waals surface area contributed by atoms with E-state index < -0.39 is 5.60 Å². The Labute approximate surface area is 112 Å². The van der Waals surface area contributed by atoms with Gasteiger partial charge in [-0.1, -0.05) is 0 Å². The van der Waals surface area contributed by atoms with E-state index in [0.29, 0.717) is 49.1 Å². The first kappa shape index (κ1) is 13.8. The van der Waals surface area contributed by atoms with Gasteiger partial charge in [-0.15, -0.1) is 0 Å². The molecule has 6 nitrogen and oxygen atoms in total. The molecule has 0 aromatic heterocycles. The predicted molar refractivity (Wildman–Crippen MR) is 72.8 cm³/mol. The average Bonchev–Trinajstić information content (AvgIpc) is 2.84. The second kappa shape index (κ2) is 5.54. The summed E-state index contributed by atoms with van der Waals surface area (Å²) >= 11 is 0. The monoisotopic (exact) mass is 268 g/mol. The van der Waals surface area contributed by atoms with Gasteiger partial charge < -0.3 is 30.4 Å². The van der Waals surface area contributed by atoms with Crippen LogP contribution in [0.15, 0.2) is 12.1 Å². The van der Waals surface area contributed by atoms with Crippen molar-refractivity contribution in [3.63, 3.8) is 0 Å². The van der Waals surface area contributed by atoms with Gasteiger partial charge in [-0.3, -0.25) is 0 Å². The van der Waals surface area contributed by atoms with Crippen molar-refractivity contribution in [2.45, 2.75) is 12.0 Å². The molecule has 1 heterocycles. The number of rotatable bonds is 5. The van der Waals surface area contributed by atoms with Crippen molar-refractivity contribution in [1.29, 1.82) is 0 Å². The first-order chi connectivity index (χ1) is 9.08. The Bertz CT molecular complexity index is 445. The van der Waals surface area contributed by atoms with Crippen molar-refractivity contribution in [1.82, 2.24) is 0 Å². The van der Waals surface area contributed by atoms with E-state index in [1.165, 1.54) is 0 Å². The fourth-order valence-electron chi connectivity index (χ4n) is 2.04. The molecule has 19 heavy (non-hydrogen) atoms. The van der Waals surface area contributed by atoms with Crippen LogP contribution in [0.3, 0.4) is 0 Å². The van der Waals surface area contributed by atoms with E-state index in [9.17, 15) is 5.11 Å². The van der Waals surface area contributed by atoms with Gasteiger partial charge >= 0.3 is 0 Å². The Morgan fingerprint density at radius 1 is 1.37 bits per heavy atom. The summed E-state index contributed by atoms with van der Waals surface area (Å²) in [5, 5.41) is 13.3. The van der Waals surface area contributed by atoms with Crippen LogP contribution >= 0.6 is 0 Å². The number of benzene rings is 1. The quantitative estimate of drug-likeness (QED) is 0.686. The SMILES string of the molecule is COc1cc(N)c(NCC2(O)CCOC2)cc1OC. The van der Waals surface area contributed by atoms with Crippen molar-refractivity contribution < 1.29 is 19.3 Å². The molecule has 4 N–H and O–H groups in total. The lowest BCUT2D eigenvalue weighted by Gasteiger charge is -2.22. The minimum Gasteiger partial charge on any atom is -0.493 e. The van der Waals surface area contributed by atoms with Crippen molar-refractivity contribution in [2.75, 3.05) is 45.0 Å². The van der Waals surface area contributed by atoms with Crippen LogP contribution in [0.4, 0.5) is 11.4 Å². The van der Waals surface area contributed by atoms with Gasteiger partial charge in [0, 0.05) is 31.7 Å². The highest BCUT2D eigenvalue weighted by molar-refractivity contribution is 5.72. The number of hydrogen-bond donors (Lipinski definition) is 3. The molecule has 0 spiro atoms. The number of nitrogens with one attached hydrogen (secondary N) is 1. The van der Waals surface area contributed by atoms with Crippen molar-refractivity contribution >= 4 is 11.4 Å². The second-order valence-corrected chi connectivity index (χ2v) is 4.67. The predicted octanol–water partition coefficient (Wildman–Crippen LogP) is 0.849. The molecular formula is C13H20N2O4. The Morgan fingerprint density at radius 3 is 2.63 bits per heavy atom. The molecule has 1 unspecified atom stereocenters. The molecule has 1 saturated heterocycles. The summed E-state index contributed by atoms with van der Waals surface area (Å²) in [6, 6.07) is 3.45. The number of hydrogen-bond acceptors (Lipinski definition) is 6. The van der Waals surface area contributed by atoms with E-state index in [4.69, 9.17) is 19.9 Å². The first-order valence-corrected chi connectivity index (χ1v) is 6.13. The van der Waals surface area contributed by atoms with Crippen LogP contribution in [0.25, 0.3) is 0 Å². The zero-order valence-electron chi connectivity index (χ0n) is 11.2. The molecule has 1 atom stereocenters. The summed E-state index contributed by atoms with van der Waals surface area (Å²) in [4.78, 5) is 0. The number of nitrogen functional groups attached to an aromatic ring is 1. The molecule has 0 amide bonds. The summed E-state index contributed by atoms with van der Waals surface area (Å²) in [7, 11) is 3.12. The van der Waals surface area contributed by atoms with E-state index in [-0.39, 0.29) is 0 Å². The number of methoxy groups -OCH3 is 2. The molecule has 1 fully saturated rings. The fraction of sp³-hybridized carbons (Fsp3) is 0.538. The molecule has 106 valence electrons. The van der Waals surface area contributed by atoms with Gasteiger partial charge in [0.2, 0.25) is 0 Å². The largest absolute Gasteiger partial charge is 0.493 e. The molecule has 0 bridgehead atoms. The van der Waals surface area contributed by atoms with Gasteiger partial charge in [-0.25, -0.2) is 0 Å². The standard InChI is InChI=1S/C13H20N2O4/c1-17-11-5-9(14)10(6-12(11)18-2)15-7-13(16)3-4-19-8-13/h5-6,15-16H,3-4,7-8,14H2,1-2H3. The molecule has 0 saturated carbocycles. The van der Waals surface area contributed by atoms with E-state index in [2.05, 4.69) is 5.32 Å². The van der Waals surface area contributed by atoms with Gasteiger partial charge in [0.15, 0.2) is 11.5 Å². The summed E-state index contributed by atoms with van der Waals surface area (Å²) in [5.74, 6) is 1.17. The lowest BCUT2D eigenvalue weighted by molar-refractivity contribution is 0.0382. The summed E-state index contributed by atoms with van der Waals surface area (Å²) in [5.41, 5.74) is 6.35. The normalized spacial score (nSPS) is 22.3. The van der Waals surface area contributed by atoms with E-state index in [1.807, 2.05) is 0 Å². The third kappa shape index (κ3) is 3.02. The van der Waals surface area contributed by atoms with Crippen molar-refractivity contribution in [2.24, 2.45) is 0 Å². The fourth-order valence-corrected chi connectivity index (χ4v) is 2.04. The molecule has 1 aromatic carbocycles. The number of nitrogens with two attached hydrogens (primary N) is 1. The van der Waals surface area contributed by atoms with Crippen molar-refractivity contribution in [3.8, 4) is 11.5 Å². The van der Waals surface area contributed by atoms with E-state index >= 15 is 0 Å². The van der Waals surface area contributed by atoms with Gasteiger partial charge in [0.25, 0.3) is 0 Å². The van der Waals surface area contributed by atoms with Gasteiger partial charge in [0.1, 0.15) is 5.60 Å². The zero-order valence-corrected chi connectivity index (χ0v) is 11.2. The maximum absolute atomic E-state index is 10.2. The Balaban J connectivity index is 2.11. The van der Waals surface area contributed by atoms with Crippen molar-refractivity contribution in [3.05, 3.63) is 12.1 Å². The third-order valence-corrected chi connectivity index (χ3v) is 3.25. The molecule has 1 aliphatic rings. The minimum atomic E-state index is -0.834. The van der Waals surface area contributed by atoms with Gasteiger partial charge in [-0.05, 0) is 0 Å². The smallest absolute Gasteiger partial charge is 0.162 e. The average molecular weight is 268 g/mol. The highest BCUT2D eigenvalue weighted by Gasteiger charge is 2.32. The lowest BCUT2D eigenvalue weighted by atomic mass is 10.0. The molecule has 0 radical (unpaired) electrons. The van der Waals surface area contributed by atoms with Crippen LogP contribution in [-0.2, 0) is 4.74 Å².